The van der Waals surface area contributed by atoms with E-state index in [9.17, 15) is 0 Å². The van der Waals surface area contributed by atoms with E-state index in [1.807, 2.05) is 0 Å². The molecule has 1 aliphatic carbocycles. The summed E-state index contributed by atoms with van der Waals surface area (Å²) >= 11 is 0. The van der Waals surface area contributed by atoms with E-state index in [2.05, 4.69) is 46.9 Å². The first-order valence-corrected chi connectivity index (χ1v) is 7.07. The van der Waals surface area contributed by atoms with E-state index in [4.69, 9.17) is 4.74 Å². The Hall–Kier alpha value is -0.0800. The second-order valence-electron chi connectivity index (χ2n) is 7.56. The van der Waals surface area contributed by atoms with Crippen LogP contribution in [0.25, 0.3) is 0 Å². The van der Waals surface area contributed by atoms with Crippen LogP contribution in [-0.2, 0) is 4.74 Å². The lowest BCUT2D eigenvalue weighted by atomic mass is 9.83. The maximum atomic E-state index is 6.40. The third-order valence-electron chi connectivity index (χ3n) is 3.23. The van der Waals surface area contributed by atoms with Crippen molar-refractivity contribution in [2.75, 3.05) is 6.54 Å². The van der Waals surface area contributed by atoms with Crippen LogP contribution < -0.4 is 5.32 Å². The molecule has 0 aromatic heterocycles. The van der Waals surface area contributed by atoms with Gasteiger partial charge in [0.25, 0.3) is 0 Å². The first-order chi connectivity index (χ1) is 7.62. The highest BCUT2D eigenvalue weighted by Crippen LogP contribution is 2.35. The first kappa shape index (κ1) is 15.0. The van der Waals surface area contributed by atoms with Crippen molar-refractivity contribution in [3.63, 3.8) is 0 Å². The van der Waals surface area contributed by atoms with Crippen molar-refractivity contribution in [1.82, 2.24) is 5.32 Å². The molecule has 1 rings (SSSR count). The molecule has 0 spiro atoms. The average Bonchev–Trinajstić information content (AvgIpc) is 2.13. The molecule has 1 saturated carbocycles. The number of rotatable bonds is 3. The first-order valence-electron chi connectivity index (χ1n) is 7.07. The number of hydrogen-bond donors (Lipinski definition) is 1. The van der Waals surface area contributed by atoms with Crippen LogP contribution >= 0.6 is 0 Å². The molecule has 0 aromatic rings. The Balaban J connectivity index is 2.65. The van der Waals surface area contributed by atoms with Gasteiger partial charge in [-0.05, 0) is 54.4 Å². The average molecular weight is 241 g/mol. The molecule has 0 aromatic carbocycles. The molecule has 2 heteroatoms. The summed E-state index contributed by atoms with van der Waals surface area (Å²) in [6.07, 6.45) is 6.38. The SMILES string of the molecule is CC(C)(C)NCC1(OC(C)(C)C)CCCCC1. The highest BCUT2D eigenvalue weighted by Gasteiger charge is 2.37. The predicted molar refractivity (Wildman–Crippen MR) is 74.4 cm³/mol. The summed E-state index contributed by atoms with van der Waals surface area (Å²) < 4.78 is 6.40. The molecule has 0 heterocycles. The van der Waals surface area contributed by atoms with E-state index < -0.39 is 0 Å². The van der Waals surface area contributed by atoms with Crippen molar-refractivity contribution in [2.45, 2.75) is 90.4 Å². The summed E-state index contributed by atoms with van der Waals surface area (Å²) in [5.41, 5.74) is 0.187. The minimum absolute atomic E-state index is 0.0447. The fourth-order valence-electron chi connectivity index (χ4n) is 2.59. The summed E-state index contributed by atoms with van der Waals surface area (Å²) in [6, 6.07) is 0. The monoisotopic (exact) mass is 241 g/mol. The quantitative estimate of drug-likeness (QED) is 0.809. The Morgan fingerprint density at radius 2 is 1.47 bits per heavy atom. The summed E-state index contributed by atoms with van der Waals surface area (Å²) in [4.78, 5) is 0. The van der Waals surface area contributed by atoms with E-state index in [1.54, 1.807) is 0 Å². The molecule has 0 atom stereocenters. The van der Waals surface area contributed by atoms with E-state index >= 15 is 0 Å². The molecule has 0 amide bonds. The highest BCUT2D eigenvalue weighted by molar-refractivity contribution is 4.91. The summed E-state index contributed by atoms with van der Waals surface area (Å²) in [6.45, 7) is 14.1. The van der Waals surface area contributed by atoms with E-state index in [0.717, 1.165) is 6.54 Å². The van der Waals surface area contributed by atoms with Gasteiger partial charge in [-0.25, -0.2) is 0 Å². The van der Waals surface area contributed by atoms with E-state index in [-0.39, 0.29) is 16.7 Å². The van der Waals surface area contributed by atoms with Crippen molar-refractivity contribution >= 4 is 0 Å². The van der Waals surface area contributed by atoms with Crippen LogP contribution in [0.5, 0.6) is 0 Å². The third kappa shape index (κ3) is 5.87. The zero-order chi connectivity index (χ0) is 13.2. The number of hydrogen-bond acceptors (Lipinski definition) is 2. The van der Waals surface area contributed by atoms with Gasteiger partial charge in [-0.1, -0.05) is 19.3 Å². The van der Waals surface area contributed by atoms with Crippen molar-refractivity contribution in [1.29, 1.82) is 0 Å². The molecular formula is C15H31NO. The van der Waals surface area contributed by atoms with Gasteiger partial charge in [0.05, 0.1) is 11.2 Å². The van der Waals surface area contributed by atoms with Crippen LogP contribution in [0, 0.1) is 0 Å². The Labute approximate surface area is 108 Å². The van der Waals surface area contributed by atoms with Gasteiger partial charge in [0.15, 0.2) is 0 Å². The fourth-order valence-corrected chi connectivity index (χ4v) is 2.59. The molecular weight excluding hydrogens is 210 g/mol. The lowest BCUT2D eigenvalue weighted by molar-refractivity contribution is -0.148. The van der Waals surface area contributed by atoms with Gasteiger partial charge in [0.2, 0.25) is 0 Å². The Kier molecular flexibility index (Phi) is 4.65. The maximum Gasteiger partial charge on any atom is 0.0813 e. The summed E-state index contributed by atoms with van der Waals surface area (Å²) in [5, 5.41) is 3.63. The van der Waals surface area contributed by atoms with Gasteiger partial charge < -0.3 is 10.1 Å². The fraction of sp³-hybridized carbons (Fsp3) is 1.00. The topological polar surface area (TPSA) is 21.3 Å². The molecule has 0 aliphatic heterocycles. The third-order valence-corrected chi connectivity index (χ3v) is 3.23. The van der Waals surface area contributed by atoms with Crippen molar-refractivity contribution in [3.8, 4) is 0 Å². The Bertz CT molecular complexity index is 228. The maximum absolute atomic E-state index is 6.40. The molecule has 0 saturated heterocycles. The van der Waals surface area contributed by atoms with E-state index in [0.29, 0.717) is 0 Å². The van der Waals surface area contributed by atoms with Crippen LogP contribution in [-0.4, -0.2) is 23.3 Å². The molecule has 1 N–H and O–H groups in total. The van der Waals surface area contributed by atoms with Gasteiger partial charge in [0.1, 0.15) is 0 Å². The molecule has 2 nitrogen and oxygen atoms in total. The van der Waals surface area contributed by atoms with E-state index in [1.165, 1.54) is 32.1 Å². The van der Waals surface area contributed by atoms with Crippen molar-refractivity contribution < 1.29 is 4.74 Å². The Morgan fingerprint density at radius 1 is 0.941 bits per heavy atom. The van der Waals surface area contributed by atoms with Crippen LogP contribution in [0.3, 0.4) is 0 Å². The summed E-state index contributed by atoms with van der Waals surface area (Å²) in [7, 11) is 0. The standard InChI is InChI=1S/C15H31NO/c1-13(2,3)16-12-15(17-14(4,5)6)10-8-7-9-11-15/h16H,7-12H2,1-6H3. The van der Waals surface area contributed by atoms with Crippen LogP contribution in [0.4, 0.5) is 0 Å². The van der Waals surface area contributed by atoms with Gasteiger partial charge in [0, 0.05) is 12.1 Å². The second kappa shape index (κ2) is 5.27. The predicted octanol–water partition coefficient (Wildman–Crippen LogP) is 3.89. The molecule has 0 bridgehead atoms. The lowest BCUT2D eigenvalue weighted by Crippen LogP contribution is -2.52. The molecule has 102 valence electrons. The summed E-state index contributed by atoms with van der Waals surface area (Å²) in [5.74, 6) is 0. The zero-order valence-electron chi connectivity index (χ0n) is 12.7. The smallest absolute Gasteiger partial charge is 0.0813 e. The number of ether oxygens (including phenoxy) is 1. The van der Waals surface area contributed by atoms with Gasteiger partial charge >= 0.3 is 0 Å². The largest absolute Gasteiger partial charge is 0.368 e. The molecule has 0 unspecified atom stereocenters. The minimum Gasteiger partial charge on any atom is -0.368 e. The zero-order valence-corrected chi connectivity index (χ0v) is 12.7. The van der Waals surface area contributed by atoms with Crippen LogP contribution in [0.15, 0.2) is 0 Å². The van der Waals surface area contributed by atoms with Gasteiger partial charge in [-0.15, -0.1) is 0 Å². The van der Waals surface area contributed by atoms with Crippen LogP contribution in [0.2, 0.25) is 0 Å². The van der Waals surface area contributed by atoms with Gasteiger partial charge in [-0.3, -0.25) is 0 Å². The highest BCUT2D eigenvalue weighted by atomic mass is 16.5. The second-order valence-corrected chi connectivity index (χ2v) is 7.56. The van der Waals surface area contributed by atoms with Crippen LogP contribution in [0.1, 0.15) is 73.6 Å². The molecule has 0 radical (unpaired) electrons. The minimum atomic E-state index is -0.0447. The normalized spacial score (nSPS) is 21.5. The van der Waals surface area contributed by atoms with Crippen molar-refractivity contribution in [3.05, 3.63) is 0 Å². The number of nitrogens with one attached hydrogen (secondary N) is 1. The Morgan fingerprint density at radius 3 is 1.88 bits per heavy atom. The molecule has 1 fully saturated rings. The molecule has 17 heavy (non-hydrogen) atoms. The van der Waals surface area contributed by atoms with Crippen molar-refractivity contribution in [2.24, 2.45) is 0 Å². The van der Waals surface area contributed by atoms with Gasteiger partial charge in [-0.2, -0.15) is 0 Å². The molecule has 1 aliphatic rings. The lowest BCUT2D eigenvalue weighted by Gasteiger charge is -2.43.